The molecule has 3 heterocycles. The Balaban J connectivity index is 0.000000383. The molecule has 2 atom stereocenters. The molecule has 1 N–H and O–H groups in total. The highest BCUT2D eigenvalue weighted by atomic mass is 19.4. The molecule has 0 bridgehead atoms. The second-order valence-electron chi connectivity index (χ2n) is 9.22. The van der Waals surface area contributed by atoms with E-state index in [4.69, 9.17) is 19.4 Å². The highest BCUT2D eigenvalue weighted by Crippen LogP contribution is 2.49. The van der Waals surface area contributed by atoms with Crippen molar-refractivity contribution in [3.63, 3.8) is 0 Å². The van der Waals surface area contributed by atoms with Crippen molar-refractivity contribution in [1.29, 1.82) is 0 Å². The average molecular weight is 473 g/mol. The summed E-state index contributed by atoms with van der Waals surface area (Å²) in [5.41, 5.74) is 2.46. The van der Waals surface area contributed by atoms with Crippen LogP contribution >= 0.6 is 0 Å². The first-order valence-corrected chi connectivity index (χ1v) is 11.3. The Morgan fingerprint density at radius 3 is 2.61 bits per heavy atom. The molecule has 3 fully saturated rings. The minimum Gasteiger partial charge on any atom is -0.475 e. The van der Waals surface area contributed by atoms with E-state index >= 15 is 0 Å². The molecule has 10 heteroatoms. The molecule has 33 heavy (non-hydrogen) atoms. The van der Waals surface area contributed by atoms with Gasteiger partial charge in [0.1, 0.15) is 0 Å². The maximum Gasteiger partial charge on any atom is 0.490 e. The Labute approximate surface area is 191 Å². The van der Waals surface area contributed by atoms with Gasteiger partial charge < -0.3 is 19.5 Å². The zero-order valence-electron chi connectivity index (χ0n) is 18.8. The Hall–Kier alpha value is -2.20. The number of carbonyl (C=O) groups excluding carboxylic acids is 1. The number of halogens is 3. The number of ether oxygens (including phenoxy) is 2. The largest absolute Gasteiger partial charge is 0.490 e. The van der Waals surface area contributed by atoms with Crippen molar-refractivity contribution in [3.8, 4) is 0 Å². The first kappa shape index (κ1) is 25.4. The number of aryl methyl sites for hydroxylation is 1. The third-order valence-electron chi connectivity index (χ3n) is 6.75. The highest BCUT2D eigenvalue weighted by molar-refractivity contribution is 5.79. The lowest BCUT2D eigenvalue weighted by molar-refractivity contribution is -0.192. The van der Waals surface area contributed by atoms with Crippen molar-refractivity contribution in [2.75, 3.05) is 32.9 Å². The highest BCUT2D eigenvalue weighted by Gasteiger charge is 2.51. The van der Waals surface area contributed by atoms with E-state index in [1.807, 2.05) is 12.4 Å². The second-order valence-corrected chi connectivity index (χ2v) is 9.22. The van der Waals surface area contributed by atoms with Crippen LogP contribution in [0.2, 0.25) is 0 Å². The molecule has 1 amide bonds. The van der Waals surface area contributed by atoms with Gasteiger partial charge in [-0.05, 0) is 49.7 Å². The molecule has 1 saturated carbocycles. The number of rotatable bonds is 5. The van der Waals surface area contributed by atoms with E-state index in [1.54, 1.807) is 0 Å². The van der Waals surface area contributed by atoms with E-state index < -0.39 is 12.1 Å². The molecule has 1 aromatic rings. The fraction of sp³-hybridized carbons (Fsp3) is 0.696. The van der Waals surface area contributed by atoms with Gasteiger partial charge in [-0.2, -0.15) is 13.2 Å². The number of alkyl halides is 3. The maximum absolute atomic E-state index is 12.9. The molecule has 0 spiro atoms. The SMILES string of the molecule is Cc1cncc(COC[C@@]23CCC[C@@H]2CN(C(=O)C2CCOCC2)C3)c1.O=C(O)C(F)(F)F. The predicted molar refractivity (Wildman–Crippen MR) is 112 cm³/mol. The number of carboxylic acid groups (broad SMARTS) is 1. The van der Waals surface area contributed by atoms with E-state index in [9.17, 15) is 18.0 Å². The van der Waals surface area contributed by atoms with Gasteiger partial charge >= 0.3 is 12.1 Å². The van der Waals surface area contributed by atoms with Crippen molar-refractivity contribution in [2.24, 2.45) is 17.3 Å². The number of aromatic nitrogens is 1. The molecule has 0 radical (unpaired) electrons. The Bertz CT molecular complexity index is 829. The first-order valence-electron chi connectivity index (χ1n) is 11.3. The fourth-order valence-electron chi connectivity index (χ4n) is 5.09. The molecular weight excluding hydrogens is 441 g/mol. The number of carbonyl (C=O) groups is 2. The number of hydrogen-bond donors (Lipinski definition) is 1. The summed E-state index contributed by atoms with van der Waals surface area (Å²) in [5, 5.41) is 7.12. The number of aliphatic carboxylic acids is 1. The summed E-state index contributed by atoms with van der Waals surface area (Å²) in [6, 6.07) is 2.13. The average Bonchev–Trinajstić information content (AvgIpc) is 3.31. The number of likely N-dealkylation sites (tertiary alicyclic amines) is 1. The zero-order chi connectivity index (χ0) is 24.1. The number of fused-ring (bicyclic) bond motifs is 1. The number of pyridine rings is 1. The van der Waals surface area contributed by atoms with Crippen molar-refractivity contribution in [3.05, 3.63) is 29.6 Å². The van der Waals surface area contributed by atoms with Crippen LogP contribution in [0.15, 0.2) is 18.5 Å². The van der Waals surface area contributed by atoms with Crippen LogP contribution in [0.3, 0.4) is 0 Å². The lowest BCUT2D eigenvalue weighted by atomic mass is 9.81. The predicted octanol–water partition coefficient (Wildman–Crippen LogP) is 3.60. The molecular formula is C23H31F3N2O5. The number of amides is 1. The minimum absolute atomic E-state index is 0.165. The topological polar surface area (TPSA) is 89.0 Å². The standard InChI is InChI=1S/C21H30N2O3.C2HF3O2/c1-16-9-17(11-22-10-16)13-26-15-21-6-2-3-19(21)12-23(14-21)20(24)18-4-7-25-8-5-18;3-2(4,5)1(6)7/h9-11,18-19H,2-8,12-15H2,1H3;(H,6,7)/t19-,21+;/m1./s1. The van der Waals surface area contributed by atoms with Crippen LogP contribution in [0, 0.1) is 24.2 Å². The summed E-state index contributed by atoms with van der Waals surface area (Å²) in [6.45, 7) is 6.67. The summed E-state index contributed by atoms with van der Waals surface area (Å²) >= 11 is 0. The third-order valence-corrected chi connectivity index (χ3v) is 6.75. The summed E-state index contributed by atoms with van der Waals surface area (Å²) in [6.07, 6.45) is 4.10. The van der Waals surface area contributed by atoms with Crippen LogP contribution < -0.4 is 0 Å². The van der Waals surface area contributed by atoms with Gasteiger partial charge in [-0.15, -0.1) is 0 Å². The summed E-state index contributed by atoms with van der Waals surface area (Å²) in [7, 11) is 0. The van der Waals surface area contributed by atoms with Gasteiger partial charge in [-0.1, -0.05) is 12.5 Å². The molecule has 3 aliphatic rings. The van der Waals surface area contributed by atoms with Crippen LogP contribution in [0.4, 0.5) is 13.2 Å². The first-order chi connectivity index (χ1) is 15.6. The third kappa shape index (κ3) is 6.66. The molecule has 0 unspecified atom stereocenters. The van der Waals surface area contributed by atoms with Crippen molar-refractivity contribution in [2.45, 2.75) is 51.8 Å². The van der Waals surface area contributed by atoms with Gasteiger partial charge in [0.25, 0.3) is 0 Å². The molecule has 2 aliphatic heterocycles. The molecule has 4 rings (SSSR count). The number of carboxylic acids is 1. The van der Waals surface area contributed by atoms with Crippen LogP contribution in [0.1, 0.15) is 43.2 Å². The van der Waals surface area contributed by atoms with E-state index in [0.29, 0.717) is 18.4 Å². The Morgan fingerprint density at radius 2 is 1.97 bits per heavy atom. The smallest absolute Gasteiger partial charge is 0.475 e. The van der Waals surface area contributed by atoms with Gasteiger partial charge in [-0.25, -0.2) is 4.79 Å². The quantitative estimate of drug-likeness (QED) is 0.705. The van der Waals surface area contributed by atoms with E-state index in [-0.39, 0.29) is 11.3 Å². The summed E-state index contributed by atoms with van der Waals surface area (Å²) < 4.78 is 43.3. The Kier molecular flexibility index (Phi) is 8.33. The lowest BCUT2D eigenvalue weighted by Gasteiger charge is -2.30. The van der Waals surface area contributed by atoms with Gasteiger partial charge in [0.2, 0.25) is 5.91 Å². The van der Waals surface area contributed by atoms with Crippen LogP contribution in [0.5, 0.6) is 0 Å². The van der Waals surface area contributed by atoms with Gasteiger partial charge in [0, 0.05) is 50.0 Å². The van der Waals surface area contributed by atoms with E-state index in [1.165, 1.54) is 19.3 Å². The summed E-state index contributed by atoms with van der Waals surface area (Å²) in [5.74, 6) is -1.64. The van der Waals surface area contributed by atoms with Gasteiger partial charge in [0.15, 0.2) is 0 Å². The van der Waals surface area contributed by atoms with Crippen molar-refractivity contribution < 1.29 is 37.3 Å². The maximum atomic E-state index is 12.9. The van der Waals surface area contributed by atoms with Crippen LogP contribution in [0.25, 0.3) is 0 Å². The van der Waals surface area contributed by atoms with E-state index in [0.717, 1.165) is 56.9 Å². The zero-order valence-corrected chi connectivity index (χ0v) is 18.8. The minimum atomic E-state index is -5.08. The molecule has 7 nitrogen and oxygen atoms in total. The molecule has 184 valence electrons. The molecule has 1 aromatic heterocycles. The number of hydrogen-bond acceptors (Lipinski definition) is 5. The van der Waals surface area contributed by atoms with Gasteiger partial charge in [-0.3, -0.25) is 9.78 Å². The normalized spacial score (nSPS) is 25.3. The second kappa shape index (κ2) is 10.8. The van der Waals surface area contributed by atoms with Crippen LogP contribution in [-0.4, -0.2) is 66.0 Å². The molecule has 2 saturated heterocycles. The molecule has 0 aromatic carbocycles. The fourth-order valence-corrected chi connectivity index (χ4v) is 5.09. The van der Waals surface area contributed by atoms with Gasteiger partial charge in [0.05, 0.1) is 13.2 Å². The van der Waals surface area contributed by atoms with Crippen LogP contribution in [-0.2, 0) is 25.7 Å². The van der Waals surface area contributed by atoms with Crippen molar-refractivity contribution in [1.82, 2.24) is 9.88 Å². The number of nitrogens with zero attached hydrogens (tertiary/aromatic N) is 2. The molecule has 1 aliphatic carbocycles. The van der Waals surface area contributed by atoms with Crippen molar-refractivity contribution >= 4 is 11.9 Å². The van der Waals surface area contributed by atoms with E-state index in [2.05, 4.69) is 22.9 Å². The monoisotopic (exact) mass is 472 g/mol. The lowest BCUT2D eigenvalue weighted by Crippen LogP contribution is -2.39. The Morgan fingerprint density at radius 1 is 1.27 bits per heavy atom. The summed E-state index contributed by atoms with van der Waals surface area (Å²) in [4.78, 5) is 28.2.